The third kappa shape index (κ3) is 3.91. The molecule has 164 valence electrons. The first-order chi connectivity index (χ1) is 16.0. The van der Waals surface area contributed by atoms with Crippen molar-refractivity contribution in [3.63, 3.8) is 0 Å². The van der Waals surface area contributed by atoms with Crippen LogP contribution in [0.15, 0.2) is 72.8 Å². The number of amides is 3. The molecule has 2 heterocycles. The molecule has 3 amide bonds. The van der Waals surface area contributed by atoms with Gasteiger partial charge >= 0.3 is 0 Å². The van der Waals surface area contributed by atoms with Crippen molar-refractivity contribution in [1.29, 1.82) is 0 Å². The molecule has 3 aromatic carbocycles. The van der Waals surface area contributed by atoms with Gasteiger partial charge < -0.3 is 0 Å². The highest BCUT2D eigenvalue weighted by Gasteiger charge is 2.30. The zero-order chi connectivity index (χ0) is 22.9. The van der Waals surface area contributed by atoms with Crippen LogP contribution in [0.2, 0.25) is 0 Å². The SMILES string of the molecule is CCc1ccc(N(C(=O)c2ccc(N3C(=O)CCC3=O)cc2)c2nc3ccccc3s2)cc1. The molecule has 0 radical (unpaired) electrons. The number of imide groups is 1. The highest BCUT2D eigenvalue weighted by Crippen LogP contribution is 2.35. The average molecular weight is 456 g/mol. The molecular weight excluding hydrogens is 434 g/mol. The van der Waals surface area contributed by atoms with Crippen molar-refractivity contribution in [3.05, 3.63) is 83.9 Å². The standard InChI is InChI=1S/C26H21N3O3S/c1-2-17-7-11-20(12-8-17)29(26-27-21-5-3-4-6-22(21)33-26)25(32)18-9-13-19(14-10-18)28-23(30)15-16-24(28)31/h3-14H,2,15-16H2,1H3. The van der Waals surface area contributed by atoms with Gasteiger partial charge in [-0.15, -0.1) is 0 Å². The Balaban J connectivity index is 1.53. The second kappa shape index (κ2) is 8.60. The van der Waals surface area contributed by atoms with E-state index in [4.69, 9.17) is 4.98 Å². The monoisotopic (exact) mass is 455 g/mol. The molecule has 0 unspecified atom stereocenters. The predicted octanol–water partition coefficient (Wildman–Crippen LogP) is 5.49. The van der Waals surface area contributed by atoms with Crippen LogP contribution in [0.3, 0.4) is 0 Å². The molecule has 1 fully saturated rings. The maximum absolute atomic E-state index is 13.7. The lowest BCUT2D eigenvalue weighted by Gasteiger charge is -2.21. The van der Waals surface area contributed by atoms with Crippen molar-refractivity contribution < 1.29 is 14.4 Å². The molecule has 4 aromatic rings. The molecule has 1 aliphatic rings. The minimum absolute atomic E-state index is 0.216. The zero-order valence-corrected chi connectivity index (χ0v) is 18.8. The molecule has 0 bridgehead atoms. The fourth-order valence-corrected chi connectivity index (χ4v) is 4.88. The van der Waals surface area contributed by atoms with E-state index in [9.17, 15) is 14.4 Å². The summed E-state index contributed by atoms with van der Waals surface area (Å²) in [5, 5.41) is 0.583. The van der Waals surface area contributed by atoms with Crippen molar-refractivity contribution in [3.8, 4) is 0 Å². The van der Waals surface area contributed by atoms with E-state index in [1.54, 1.807) is 29.2 Å². The Labute approximate surface area is 195 Å². The summed E-state index contributed by atoms with van der Waals surface area (Å²) in [5.41, 5.74) is 3.67. The van der Waals surface area contributed by atoms with Gasteiger partial charge in [0.25, 0.3) is 5.91 Å². The largest absolute Gasteiger partial charge is 0.274 e. The number of nitrogens with zero attached hydrogens (tertiary/aromatic N) is 3. The Bertz CT molecular complexity index is 1310. The fraction of sp³-hybridized carbons (Fsp3) is 0.154. The van der Waals surface area contributed by atoms with Gasteiger partial charge in [0.2, 0.25) is 11.8 Å². The Kier molecular flexibility index (Phi) is 5.48. The number of hydrogen-bond donors (Lipinski definition) is 0. The van der Waals surface area contributed by atoms with Crippen molar-refractivity contribution in [2.75, 3.05) is 9.80 Å². The number of anilines is 3. The third-order valence-electron chi connectivity index (χ3n) is 5.70. The van der Waals surface area contributed by atoms with Gasteiger partial charge in [-0.1, -0.05) is 42.5 Å². The van der Waals surface area contributed by atoms with E-state index in [-0.39, 0.29) is 30.6 Å². The van der Waals surface area contributed by atoms with Crippen LogP contribution < -0.4 is 9.80 Å². The first-order valence-electron chi connectivity index (χ1n) is 10.8. The summed E-state index contributed by atoms with van der Waals surface area (Å²) in [7, 11) is 0. The Hall–Kier alpha value is -3.84. The molecule has 0 spiro atoms. The second-order valence-corrected chi connectivity index (χ2v) is 8.80. The van der Waals surface area contributed by atoms with Gasteiger partial charge in [0.1, 0.15) is 0 Å². The molecule has 1 aliphatic heterocycles. The summed E-state index contributed by atoms with van der Waals surface area (Å²) >= 11 is 1.45. The maximum atomic E-state index is 13.7. The number of aromatic nitrogens is 1. The first-order valence-corrected chi connectivity index (χ1v) is 11.6. The zero-order valence-electron chi connectivity index (χ0n) is 18.0. The minimum Gasteiger partial charge on any atom is -0.274 e. The van der Waals surface area contributed by atoms with Crippen LogP contribution in [0, 0.1) is 0 Å². The Morgan fingerprint density at radius 3 is 2.24 bits per heavy atom. The number of fused-ring (bicyclic) bond motifs is 1. The van der Waals surface area contributed by atoms with Crippen LogP contribution in [0.4, 0.5) is 16.5 Å². The molecule has 7 heteroatoms. The number of rotatable bonds is 5. The van der Waals surface area contributed by atoms with Gasteiger partial charge in [0, 0.05) is 18.4 Å². The van der Waals surface area contributed by atoms with Crippen molar-refractivity contribution in [2.24, 2.45) is 0 Å². The number of thiazole rings is 1. The van der Waals surface area contributed by atoms with E-state index in [0.29, 0.717) is 16.4 Å². The molecule has 0 atom stereocenters. The van der Waals surface area contributed by atoms with E-state index in [1.165, 1.54) is 21.8 Å². The van der Waals surface area contributed by atoms with Crippen LogP contribution in [0.25, 0.3) is 10.2 Å². The normalized spacial score (nSPS) is 13.7. The van der Waals surface area contributed by atoms with Crippen molar-refractivity contribution in [1.82, 2.24) is 4.98 Å². The molecule has 6 nitrogen and oxygen atoms in total. The van der Waals surface area contributed by atoms with Gasteiger partial charge in [-0.05, 0) is 60.5 Å². The molecule has 0 N–H and O–H groups in total. The number of carbonyl (C=O) groups excluding carboxylic acids is 3. The first kappa shape index (κ1) is 21.0. The lowest BCUT2D eigenvalue weighted by atomic mass is 10.1. The van der Waals surface area contributed by atoms with Gasteiger partial charge in [0.05, 0.1) is 21.6 Å². The second-order valence-electron chi connectivity index (χ2n) is 7.79. The van der Waals surface area contributed by atoms with E-state index in [2.05, 4.69) is 6.92 Å². The van der Waals surface area contributed by atoms with Crippen LogP contribution >= 0.6 is 11.3 Å². The number of aryl methyl sites for hydroxylation is 1. The summed E-state index contributed by atoms with van der Waals surface area (Å²) in [6.45, 7) is 2.09. The van der Waals surface area contributed by atoms with Crippen molar-refractivity contribution >= 4 is 55.8 Å². The summed E-state index contributed by atoms with van der Waals surface area (Å²) in [4.78, 5) is 45.3. The molecule has 1 aromatic heterocycles. The summed E-state index contributed by atoms with van der Waals surface area (Å²) in [5.74, 6) is -0.665. The third-order valence-corrected chi connectivity index (χ3v) is 6.73. The number of benzene rings is 3. The quantitative estimate of drug-likeness (QED) is 0.373. The van der Waals surface area contributed by atoms with Crippen molar-refractivity contribution in [2.45, 2.75) is 26.2 Å². The smallest absolute Gasteiger partial charge is 0.264 e. The summed E-state index contributed by atoms with van der Waals surface area (Å²) < 4.78 is 0.997. The minimum atomic E-state index is -0.232. The van der Waals surface area contributed by atoms with Gasteiger partial charge in [-0.2, -0.15) is 0 Å². The number of para-hydroxylation sites is 1. The lowest BCUT2D eigenvalue weighted by molar-refractivity contribution is -0.121. The van der Waals surface area contributed by atoms with Crippen LogP contribution in [-0.2, 0) is 16.0 Å². The summed E-state index contributed by atoms with van der Waals surface area (Å²) in [6.07, 6.45) is 1.35. The van der Waals surface area contributed by atoms with E-state index < -0.39 is 0 Å². The lowest BCUT2D eigenvalue weighted by Crippen LogP contribution is -2.29. The Morgan fingerprint density at radius 2 is 1.61 bits per heavy atom. The molecule has 33 heavy (non-hydrogen) atoms. The molecule has 1 saturated heterocycles. The van der Waals surface area contributed by atoms with E-state index in [0.717, 1.165) is 22.3 Å². The van der Waals surface area contributed by atoms with Crippen LogP contribution in [0.1, 0.15) is 35.7 Å². The topological polar surface area (TPSA) is 70.6 Å². The predicted molar refractivity (Wildman–Crippen MR) is 130 cm³/mol. The maximum Gasteiger partial charge on any atom is 0.264 e. The van der Waals surface area contributed by atoms with E-state index >= 15 is 0 Å². The molecule has 0 saturated carbocycles. The van der Waals surface area contributed by atoms with Gasteiger partial charge in [-0.25, -0.2) is 4.98 Å². The van der Waals surface area contributed by atoms with E-state index in [1.807, 2.05) is 48.5 Å². The summed E-state index contributed by atoms with van der Waals surface area (Å²) in [6, 6.07) is 22.3. The molecular formula is C26H21N3O3S. The number of hydrogen-bond acceptors (Lipinski definition) is 5. The number of carbonyl (C=O) groups is 3. The van der Waals surface area contributed by atoms with Gasteiger partial charge in [0.15, 0.2) is 5.13 Å². The molecule has 5 rings (SSSR count). The van der Waals surface area contributed by atoms with Crippen LogP contribution in [0.5, 0.6) is 0 Å². The Morgan fingerprint density at radius 1 is 0.939 bits per heavy atom. The fourth-order valence-electron chi connectivity index (χ4n) is 3.90. The van der Waals surface area contributed by atoms with Gasteiger partial charge in [-0.3, -0.25) is 24.2 Å². The highest BCUT2D eigenvalue weighted by molar-refractivity contribution is 7.22. The average Bonchev–Trinajstić information content (AvgIpc) is 3.42. The van der Waals surface area contributed by atoms with Crippen LogP contribution in [-0.4, -0.2) is 22.7 Å². The highest BCUT2D eigenvalue weighted by atomic mass is 32.1. The molecule has 0 aliphatic carbocycles.